The van der Waals surface area contributed by atoms with Gasteiger partial charge in [0.2, 0.25) is 0 Å². The van der Waals surface area contributed by atoms with E-state index in [-0.39, 0.29) is 11.9 Å². The topological polar surface area (TPSA) is 68.7 Å². The minimum Gasteiger partial charge on any atom is -0.497 e. The van der Waals surface area contributed by atoms with Crippen LogP contribution in [0.15, 0.2) is 41.0 Å². The number of carbonyl (C=O) groups is 1. The maximum absolute atomic E-state index is 13.0. The Labute approximate surface area is 142 Å². The van der Waals surface area contributed by atoms with Crippen LogP contribution in [0.25, 0.3) is 0 Å². The molecule has 1 unspecified atom stereocenters. The van der Waals surface area contributed by atoms with E-state index in [4.69, 9.17) is 14.9 Å². The predicted molar refractivity (Wildman–Crippen MR) is 91.8 cm³/mol. The van der Waals surface area contributed by atoms with E-state index >= 15 is 0 Å². The molecule has 1 atom stereocenters. The summed E-state index contributed by atoms with van der Waals surface area (Å²) in [5.74, 6) is 1.48. The van der Waals surface area contributed by atoms with Crippen molar-refractivity contribution >= 4 is 5.91 Å². The summed E-state index contributed by atoms with van der Waals surface area (Å²) < 4.78 is 10.6. The molecule has 1 aliphatic heterocycles. The van der Waals surface area contributed by atoms with Gasteiger partial charge in [0, 0.05) is 6.54 Å². The number of benzene rings is 1. The molecule has 2 N–H and O–H groups in total. The Balaban J connectivity index is 1.87. The summed E-state index contributed by atoms with van der Waals surface area (Å²) in [4.78, 5) is 15.0. The summed E-state index contributed by atoms with van der Waals surface area (Å²) in [6.45, 7) is 1.06. The average Bonchev–Trinajstić information content (AvgIpc) is 2.98. The fraction of sp³-hybridized carbons (Fsp3) is 0.421. The van der Waals surface area contributed by atoms with E-state index in [0.717, 1.165) is 43.5 Å². The Kier molecular flexibility index (Phi) is 5.20. The van der Waals surface area contributed by atoms with Crippen LogP contribution in [0.1, 0.15) is 53.4 Å². The zero-order chi connectivity index (χ0) is 16.9. The molecule has 24 heavy (non-hydrogen) atoms. The minimum atomic E-state index is 0.0150. The first-order valence-corrected chi connectivity index (χ1v) is 8.45. The van der Waals surface area contributed by atoms with E-state index in [1.165, 1.54) is 6.26 Å². The molecule has 1 aromatic carbocycles. The molecule has 1 fully saturated rings. The molecular weight excluding hydrogens is 304 g/mol. The van der Waals surface area contributed by atoms with Crippen LogP contribution in [0.4, 0.5) is 0 Å². The molecule has 2 heterocycles. The lowest BCUT2D eigenvalue weighted by Gasteiger charge is -2.30. The smallest absolute Gasteiger partial charge is 0.257 e. The average molecular weight is 328 g/mol. The van der Waals surface area contributed by atoms with Crippen molar-refractivity contribution in [3.8, 4) is 5.75 Å². The summed E-state index contributed by atoms with van der Waals surface area (Å²) >= 11 is 0. The molecule has 5 heteroatoms. The second-order valence-electron chi connectivity index (χ2n) is 6.14. The quantitative estimate of drug-likeness (QED) is 0.932. The van der Waals surface area contributed by atoms with Gasteiger partial charge in [0.1, 0.15) is 17.8 Å². The van der Waals surface area contributed by atoms with E-state index < -0.39 is 0 Å². The molecule has 1 aromatic heterocycles. The standard InChI is InChI=1S/C19H24N2O3/c1-23-16-8-6-14(7-9-16)18-5-3-2-4-10-21(18)19(22)15-11-17(12-20)24-13-15/h6-9,11,13,18H,2-5,10,12,20H2,1H3. The highest BCUT2D eigenvalue weighted by Crippen LogP contribution is 2.32. The van der Waals surface area contributed by atoms with Crippen LogP contribution in [-0.4, -0.2) is 24.5 Å². The zero-order valence-electron chi connectivity index (χ0n) is 14.0. The molecule has 1 aliphatic rings. The van der Waals surface area contributed by atoms with E-state index in [0.29, 0.717) is 17.9 Å². The number of carbonyl (C=O) groups excluding carboxylic acids is 1. The van der Waals surface area contributed by atoms with Gasteiger partial charge in [0.25, 0.3) is 5.91 Å². The normalized spacial score (nSPS) is 18.2. The van der Waals surface area contributed by atoms with Crippen molar-refractivity contribution in [2.75, 3.05) is 13.7 Å². The first-order chi connectivity index (χ1) is 11.7. The van der Waals surface area contributed by atoms with E-state index in [1.54, 1.807) is 13.2 Å². The number of nitrogens with zero attached hydrogens (tertiary/aromatic N) is 1. The Morgan fingerprint density at radius 1 is 1.29 bits per heavy atom. The van der Waals surface area contributed by atoms with Gasteiger partial charge in [-0.15, -0.1) is 0 Å². The molecular formula is C19H24N2O3. The van der Waals surface area contributed by atoms with Gasteiger partial charge in [-0.3, -0.25) is 4.79 Å². The van der Waals surface area contributed by atoms with Gasteiger partial charge in [-0.2, -0.15) is 0 Å². The third-order valence-electron chi connectivity index (χ3n) is 4.62. The third-order valence-corrected chi connectivity index (χ3v) is 4.62. The van der Waals surface area contributed by atoms with Crippen LogP contribution in [0.5, 0.6) is 5.75 Å². The molecule has 0 saturated carbocycles. The number of hydrogen-bond acceptors (Lipinski definition) is 4. The summed E-state index contributed by atoms with van der Waals surface area (Å²) in [5.41, 5.74) is 7.31. The van der Waals surface area contributed by atoms with Crippen LogP contribution in [0.3, 0.4) is 0 Å². The van der Waals surface area contributed by atoms with Gasteiger partial charge >= 0.3 is 0 Å². The van der Waals surface area contributed by atoms with Crippen molar-refractivity contribution in [1.29, 1.82) is 0 Å². The van der Waals surface area contributed by atoms with Crippen molar-refractivity contribution in [1.82, 2.24) is 4.90 Å². The molecule has 5 nitrogen and oxygen atoms in total. The molecule has 2 aromatic rings. The highest BCUT2D eigenvalue weighted by atomic mass is 16.5. The largest absolute Gasteiger partial charge is 0.497 e. The van der Waals surface area contributed by atoms with Gasteiger partial charge in [-0.1, -0.05) is 25.0 Å². The SMILES string of the molecule is COc1ccc(C2CCCCCN2C(=O)c2coc(CN)c2)cc1. The first kappa shape index (κ1) is 16.6. The van der Waals surface area contributed by atoms with Crippen molar-refractivity contribution in [3.05, 3.63) is 53.5 Å². The van der Waals surface area contributed by atoms with Gasteiger partial charge in [-0.25, -0.2) is 0 Å². The zero-order valence-corrected chi connectivity index (χ0v) is 14.0. The van der Waals surface area contributed by atoms with Crippen LogP contribution in [0.2, 0.25) is 0 Å². The van der Waals surface area contributed by atoms with Crippen LogP contribution in [-0.2, 0) is 6.54 Å². The van der Waals surface area contributed by atoms with Gasteiger partial charge in [0.05, 0.1) is 25.3 Å². The number of furan rings is 1. The minimum absolute atomic E-state index is 0.0150. The van der Waals surface area contributed by atoms with E-state index in [9.17, 15) is 4.79 Å². The summed E-state index contributed by atoms with van der Waals surface area (Å²) in [6, 6.07) is 9.84. The van der Waals surface area contributed by atoms with Crippen molar-refractivity contribution < 1.29 is 13.9 Å². The number of methoxy groups -OCH3 is 1. The number of amides is 1. The van der Waals surface area contributed by atoms with Crippen molar-refractivity contribution in [3.63, 3.8) is 0 Å². The maximum Gasteiger partial charge on any atom is 0.257 e. The summed E-state index contributed by atoms with van der Waals surface area (Å²) in [6.07, 6.45) is 5.79. The first-order valence-electron chi connectivity index (χ1n) is 8.45. The number of nitrogens with two attached hydrogens (primary N) is 1. The fourth-order valence-electron chi connectivity index (χ4n) is 3.29. The molecule has 0 radical (unpaired) electrons. The maximum atomic E-state index is 13.0. The molecule has 0 aliphatic carbocycles. The van der Waals surface area contributed by atoms with E-state index in [1.807, 2.05) is 17.0 Å². The van der Waals surface area contributed by atoms with Crippen LogP contribution >= 0.6 is 0 Å². The van der Waals surface area contributed by atoms with Crippen LogP contribution < -0.4 is 10.5 Å². The van der Waals surface area contributed by atoms with E-state index in [2.05, 4.69) is 12.1 Å². The second kappa shape index (κ2) is 7.53. The Morgan fingerprint density at radius 2 is 2.08 bits per heavy atom. The Morgan fingerprint density at radius 3 is 2.75 bits per heavy atom. The fourth-order valence-corrected chi connectivity index (χ4v) is 3.29. The molecule has 3 rings (SSSR count). The lowest BCUT2D eigenvalue weighted by molar-refractivity contribution is 0.0680. The number of ether oxygens (including phenoxy) is 1. The highest BCUT2D eigenvalue weighted by Gasteiger charge is 2.28. The molecule has 128 valence electrons. The lowest BCUT2D eigenvalue weighted by atomic mass is 10.00. The van der Waals surface area contributed by atoms with Crippen LogP contribution in [0, 0.1) is 0 Å². The second-order valence-corrected chi connectivity index (χ2v) is 6.14. The van der Waals surface area contributed by atoms with Gasteiger partial charge in [0.15, 0.2) is 0 Å². The number of hydrogen-bond donors (Lipinski definition) is 1. The van der Waals surface area contributed by atoms with Gasteiger partial charge in [-0.05, 0) is 36.6 Å². The Hall–Kier alpha value is -2.27. The monoisotopic (exact) mass is 328 g/mol. The number of rotatable bonds is 4. The molecule has 0 bridgehead atoms. The highest BCUT2D eigenvalue weighted by molar-refractivity contribution is 5.94. The third kappa shape index (κ3) is 3.46. The summed E-state index contributed by atoms with van der Waals surface area (Å²) in [7, 11) is 1.66. The van der Waals surface area contributed by atoms with Crippen molar-refractivity contribution in [2.45, 2.75) is 38.3 Å². The lowest BCUT2D eigenvalue weighted by Crippen LogP contribution is -2.34. The molecule has 1 saturated heterocycles. The van der Waals surface area contributed by atoms with Gasteiger partial charge < -0.3 is 19.8 Å². The predicted octanol–water partition coefficient (Wildman–Crippen LogP) is 3.50. The molecule has 1 amide bonds. The van der Waals surface area contributed by atoms with Crippen molar-refractivity contribution in [2.24, 2.45) is 5.73 Å². The Bertz CT molecular complexity index is 678. The molecule has 0 spiro atoms. The number of likely N-dealkylation sites (tertiary alicyclic amines) is 1. The summed E-state index contributed by atoms with van der Waals surface area (Å²) in [5, 5.41) is 0.